The molecule has 0 saturated carbocycles. The summed E-state index contributed by atoms with van der Waals surface area (Å²) in [6.07, 6.45) is 0. The molecule has 238 valence electrons. The van der Waals surface area contributed by atoms with Crippen LogP contribution in [0.5, 0.6) is 0 Å². The van der Waals surface area contributed by atoms with Crippen molar-refractivity contribution in [1.82, 2.24) is 0 Å². The number of rotatable bonds is 3. The van der Waals surface area contributed by atoms with Gasteiger partial charge in [-0.2, -0.15) is 0 Å². The molecular weight excluding hydrogens is 583 g/mol. The fraction of sp³-hybridized carbons (Fsp3) is 0.286. The van der Waals surface area contributed by atoms with Crippen molar-refractivity contribution in [2.75, 3.05) is 0 Å². The summed E-state index contributed by atoms with van der Waals surface area (Å²) in [4.78, 5) is 37.0. The second-order valence-electron chi connectivity index (χ2n) is 16.1. The second-order valence-corrected chi connectivity index (χ2v) is 19.0. The van der Waals surface area contributed by atoms with Gasteiger partial charge in [-0.05, 0) is 0 Å². The van der Waals surface area contributed by atoms with E-state index in [1.807, 2.05) is 60.7 Å². The van der Waals surface area contributed by atoms with Crippen LogP contribution < -0.4 is 10.6 Å². The number of fused-ring (bicyclic) bond motifs is 3. The zero-order valence-electron chi connectivity index (χ0n) is 28.6. The molecule has 0 unspecified atom stereocenters. The third-order valence-corrected chi connectivity index (χ3v) is 11.9. The first-order chi connectivity index (χ1) is 21.2. The summed E-state index contributed by atoms with van der Waals surface area (Å²) in [5.74, 6) is 0. The Labute approximate surface area is 273 Å². The molecule has 0 aliphatic carbocycles. The van der Waals surface area contributed by atoms with Gasteiger partial charge in [-0.25, -0.2) is 0 Å². The van der Waals surface area contributed by atoms with Gasteiger partial charge in [-0.1, -0.05) is 0 Å². The van der Waals surface area contributed by atoms with Crippen LogP contribution in [0.4, 0.5) is 0 Å². The van der Waals surface area contributed by atoms with Gasteiger partial charge in [0.25, 0.3) is 0 Å². The van der Waals surface area contributed by atoms with E-state index in [2.05, 4.69) is 86.6 Å². The fourth-order valence-electron chi connectivity index (χ4n) is 6.75. The predicted molar refractivity (Wildman–Crippen MR) is 200 cm³/mol. The van der Waals surface area contributed by atoms with Gasteiger partial charge >= 0.3 is 274 Å². The molecule has 4 heteroatoms. The van der Waals surface area contributed by atoms with E-state index in [-0.39, 0.29) is 26.9 Å². The molecule has 3 nitrogen and oxygen atoms in total. The van der Waals surface area contributed by atoms with Gasteiger partial charge in [0.2, 0.25) is 0 Å². The predicted octanol–water partition coefficient (Wildman–Crippen LogP) is 9.93. The number of hydrogen-bond acceptors (Lipinski definition) is 3. The van der Waals surface area contributed by atoms with Gasteiger partial charge in [-0.15, -0.1) is 0 Å². The molecule has 0 radical (unpaired) electrons. The summed E-state index contributed by atoms with van der Waals surface area (Å²) in [6.45, 7) is 20.1. The molecule has 6 rings (SSSR count). The van der Waals surface area contributed by atoms with Crippen molar-refractivity contribution in [3.63, 3.8) is 0 Å². The van der Waals surface area contributed by atoms with Crippen molar-refractivity contribution in [3.05, 3.63) is 120 Å². The van der Waals surface area contributed by atoms with Crippen LogP contribution in [0.1, 0.15) is 79.0 Å². The molecule has 0 atom stereocenters. The Morgan fingerprint density at radius 1 is 0.457 bits per heavy atom. The van der Waals surface area contributed by atoms with E-state index >= 15 is 0 Å². The van der Waals surface area contributed by atoms with Gasteiger partial charge in [0.15, 0.2) is 0 Å². The van der Waals surface area contributed by atoms with Crippen LogP contribution in [0.3, 0.4) is 0 Å². The standard InChI is InChI=1S/C42H47O3P/c1-40(2,3)31-22-30-24-36(41(4,5)6)35(26-34(30)37(25-31)42(7,8)9)39-33-17-13-12-15-28(33)19-21-38(39)46(43,44,45)32-20-18-27-14-10-11-16-29(27)23-32/h10-26,43-45H,1-9H3. The van der Waals surface area contributed by atoms with Gasteiger partial charge in [0.1, 0.15) is 0 Å². The summed E-state index contributed by atoms with van der Waals surface area (Å²) in [5.41, 5.74) is 4.69. The van der Waals surface area contributed by atoms with Crippen LogP contribution in [0.25, 0.3) is 43.4 Å². The minimum absolute atomic E-state index is 0.0284. The van der Waals surface area contributed by atoms with E-state index in [0.717, 1.165) is 43.4 Å². The van der Waals surface area contributed by atoms with E-state index in [0.29, 0.717) is 5.56 Å². The summed E-state index contributed by atoms with van der Waals surface area (Å²) in [7, 11) is -5.66. The average molecular weight is 631 g/mol. The van der Waals surface area contributed by atoms with Crippen LogP contribution in [-0.4, -0.2) is 14.7 Å². The monoisotopic (exact) mass is 630 g/mol. The van der Waals surface area contributed by atoms with Crippen molar-refractivity contribution in [3.8, 4) is 11.1 Å². The van der Waals surface area contributed by atoms with Crippen molar-refractivity contribution in [1.29, 1.82) is 0 Å². The van der Waals surface area contributed by atoms with Crippen LogP contribution in [0.2, 0.25) is 0 Å². The Hall–Kier alpha value is -3.59. The van der Waals surface area contributed by atoms with Crippen LogP contribution in [0, 0.1) is 0 Å². The molecule has 3 N–H and O–H groups in total. The molecule has 0 saturated heterocycles. The molecule has 0 fully saturated rings. The van der Waals surface area contributed by atoms with E-state index in [9.17, 15) is 14.7 Å². The van der Waals surface area contributed by atoms with Crippen molar-refractivity contribution in [2.45, 2.75) is 78.6 Å². The van der Waals surface area contributed by atoms with Crippen LogP contribution in [0.15, 0.2) is 103 Å². The summed E-state index contributed by atoms with van der Waals surface area (Å²) < 4.78 is 0. The van der Waals surface area contributed by atoms with Crippen LogP contribution in [-0.2, 0) is 16.2 Å². The van der Waals surface area contributed by atoms with Gasteiger partial charge in [0, 0.05) is 0 Å². The maximum absolute atomic E-state index is 12.3. The minimum atomic E-state index is -5.66. The zero-order valence-corrected chi connectivity index (χ0v) is 29.5. The van der Waals surface area contributed by atoms with E-state index in [1.165, 1.54) is 11.1 Å². The van der Waals surface area contributed by atoms with E-state index in [4.69, 9.17) is 0 Å². The van der Waals surface area contributed by atoms with Crippen molar-refractivity contribution < 1.29 is 14.7 Å². The summed E-state index contributed by atoms with van der Waals surface area (Å²) >= 11 is 0. The van der Waals surface area contributed by atoms with Gasteiger partial charge < -0.3 is 0 Å². The molecule has 46 heavy (non-hydrogen) atoms. The third-order valence-electron chi connectivity index (χ3n) is 9.40. The molecule has 0 bridgehead atoms. The van der Waals surface area contributed by atoms with E-state index < -0.39 is 7.28 Å². The first-order valence-electron chi connectivity index (χ1n) is 16.2. The first kappa shape index (κ1) is 32.4. The Kier molecular flexibility index (Phi) is 7.36. The molecule has 0 amide bonds. The second kappa shape index (κ2) is 10.5. The maximum atomic E-state index is 12.3. The average Bonchev–Trinajstić information content (AvgIpc) is 2.97. The van der Waals surface area contributed by atoms with Crippen LogP contribution >= 0.6 is 7.28 Å². The fourth-order valence-corrected chi connectivity index (χ4v) is 8.76. The van der Waals surface area contributed by atoms with Crippen molar-refractivity contribution in [2.24, 2.45) is 0 Å². The Morgan fingerprint density at radius 3 is 1.67 bits per heavy atom. The SMILES string of the molecule is CC(C)(C)c1cc(C(C)(C)C)c2cc(-c3c(P(O)(O)(O)c4ccc5ccccc5c4)ccc4ccccc34)c(C(C)(C)C)cc2c1. The summed E-state index contributed by atoms with van der Waals surface area (Å²) in [5, 5.41) is 6.17. The van der Waals surface area contributed by atoms with Crippen molar-refractivity contribution >= 4 is 50.2 Å². The third kappa shape index (κ3) is 5.54. The Bertz CT molecular complexity index is 2150. The van der Waals surface area contributed by atoms with Gasteiger partial charge in [0.05, 0.1) is 0 Å². The number of hydrogen-bond donors (Lipinski definition) is 3. The molecule has 6 aromatic carbocycles. The topological polar surface area (TPSA) is 60.7 Å². The summed E-state index contributed by atoms with van der Waals surface area (Å²) in [6, 6.07) is 33.8. The molecule has 0 aliphatic rings. The molecule has 6 aromatic rings. The normalized spacial score (nSPS) is 14.1. The van der Waals surface area contributed by atoms with Gasteiger partial charge in [-0.3, -0.25) is 0 Å². The quantitative estimate of drug-likeness (QED) is 0.171. The molecule has 0 aromatic heterocycles. The first-order valence-corrected chi connectivity index (χ1v) is 18.3. The van der Waals surface area contributed by atoms with E-state index in [1.54, 1.807) is 18.2 Å². The molecular formula is C42H47O3P. The zero-order chi connectivity index (χ0) is 33.5. The molecule has 0 aliphatic heterocycles. The Morgan fingerprint density at radius 2 is 1.04 bits per heavy atom. The Balaban J connectivity index is 1.78. The molecule has 0 spiro atoms. The molecule has 0 heterocycles. The number of benzene rings is 6.